The SMILES string of the molecule is N#Cc1c[nH]c2c(c1=O)SCC2. The number of aryl methyl sites for hydroxylation is 1. The molecular formula is C8H6N2OS. The largest absolute Gasteiger partial charge is 0.363 e. The van der Waals surface area contributed by atoms with E-state index in [9.17, 15) is 4.79 Å². The van der Waals surface area contributed by atoms with E-state index in [0.29, 0.717) is 0 Å². The number of nitriles is 1. The van der Waals surface area contributed by atoms with E-state index in [1.165, 1.54) is 18.0 Å². The van der Waals surface area contributed by atoms with Gasteiger partial charge in [0.1, 0.15) is 11.6 Å². The standard InChI is InChI=1S/C8H6N2OS/c9-3-5-4-10-6-1-2-12-8(6)7(5)11/h4H,1-2H2,(H,10,11). The van der Waals surface area contributed by atoms with Crippen molar-refractivity contribution in [2.24, 2.45) is 0 Å². The fourth-order valence-electron chi connectivity index (χ4n) is 1.23. The minimum Gasteiger partial charge on any atom is -0.363 e. The number of aromatic amines is 1. The summed E-state index contributed by atoms with van der Waals surface area (Å²) >= 11 is 1.53. The van der Waals surface area contributed by atoms with Crippen LogP contribution in [0.3, 0.4) is 0 Å². The number of aromatic nitrogens is 1. The van der Waals surface area contributed by atoms with Crippen molar-refractivity contribution in [2.45, 2.75) is 11.3 Å². The highest BCUT2D eigenvalue weighted by Crippen LogP contribution is 2.26. The van der Waals surface area contributed by atoms with Crippen LogP contribution in [0.15, 0.2) is 15.9 Å². The first kappa shape index (κ1) is 7.44. The summed E-state index contributed by atoms with van der Waals surface area (Å²) < 4.78 is 0. The first-order valence-corrected chi connectivity index (χ1v) is 4.59. The highest BCUT2D eigenvalue weighted by molar-refractivity contribution is 7.99. The van der Waals surface area contributed by atoms with E-state index in [4.69, 9.17) is 5.26 Å². The van der Waals surface area contributed by atoms with Crippen LogP contribution in [0, 0.1) is 11.3 Å². The number of hydrogen-bond donors (Lipinski definition) is 1. The van der Waals surface area contributed by atoms with E-state index in [2.05, 4.69) is 4.98 Å². The summed E-state index contributed by atoms with van der Waals surface area (Å²) in [5.74, 6) is 0.940. The van der Waals surface area contributed by atoms with Gasteiger partial charge in [0, 0.05) is 17.6 Å². The lowest BCUT2D eigenvalue weighted by molar-refractivity contribution is 1.00. The van der Waals surface area contributed by atoms with E-state index in [0.717, 1.165) is 22.8 Å². The topological polar surface area (TPSA) is 56.6 Å². The van der Waals surface area contributed by atoms with Crippen molar-refractivity contribution >= 4 is 11.8 Å². The Morgan fingerprint density at radius 2 is 2.50 bits per heavy atom. The maximum absolute atomic E-state index is 11.4. The van der Waals surface area contributed by atoms with Crippen molar-refractivity contribution in [3.05, 3.63) is 27.7 Å². The molecule has 2 heterocycles. The number of pyridine rings is 1. The molecule has 0 saturated heterocycles. The van der Waals surface area contributed by atoms with Gasteiger partial charge in [-0.05, 0) is 6.42 Å². The lowest BCUT2D eigenvalue weighted by Gasteiger charge is -1.95. The number of hydrogen-bond acceptors (Lipinski definition) is 3. The zero-order valence-electron chi connectivity index (χ0n) is 6.26. The van der Waals surface area contributed by atoms with Gasteiger partial charge in [-0.2, -0.15) is 5.26 Å². The summed E-state index contributed by atoms with van der Waals surface area (Å²) in [4.78, 5) is 15.1. The number of nitrogens with one attached hydrogen (secondary N) is 1. The molecule has 12 heavy (non-hydrogen) atoms. The Morgan fingerprint density at radius 1 is 1.67 bits per heavy atom. The Labute approximate surface area is 73.4 Å². The molecule has 3 nitrogen and oxygen atoms in total. The normalized spacial score (nSPS) is 13.9. The highest BCUT2D eigenvalue weighted by atomic mass is 32.2. The molecule has 0 aliphatic carbocycles. The highest BCUT2D eigenvalue weighted by Gasteiger charge is 2.16. The summed E-state index contributed by atoms with van der Waals surface area (Å²) in [5, 5.41) is 8.57. The molecule has 4 heteroatoms. The predicted octanol–water partition coefficient (Wildman–Crippen LogP) is 0.895. The lowest BCUT2D eigenvalue weighted by atomic mass is 10.2. The third-order valence-electron chi connectivity index (χ3n) is 1.83. The van der Waals surface area contributed by atoms with Gasteiger partial charge in [0.05, 0.1) is 4.90 Å². The molecule has 0 spiro atoms. The minimum absolute atomic E-state index is 0.117. The van der Waals surface area contributed by atoms with Crippen LogP contribution in [0.1, 0.15) is 11.3 Å². The summed E-state index contributed by atoms with van der Waals surface area (Å²) in [6, 6.07) is 1.87. The van der Waals surface area contributed by atoms with Crippen molar-refractivity contribution in [2.75, 3.05) is 5.75 Å². The summed E-state index contributed by atoms with van der Waals surface area (Å²) in [7, 11) is 0. The molecule has 0 atom stereocenters. The Morgan fingerprint density at radius 3 is 3.25 bits per heavy atom. The zero-order chi connectivity index (χ0) is 8.55. The smallest absolute Gasteiger partial charge is 0.213 e. The van der Waals surface area contributed by atoms with Gasteiger partial charge < -0.3 is 4.98 Å². The second-order valence-electron chi connectivity index (χ2n) is 2.55. The molecule has 0 saturated carbocycles. The predicted molar refractivity (Wildman–Crippen MR) is 46.2 cm³/mol. The van der Waals surface area contributed by atoms with Gasteiger partial charge in [-0.25, -0.2) is 0 Å². The molecule has 0 fully saturated rings. The van der Waals surface area contributed by atoms with Crippen LogP contribution in [0.5, 0.6) is 0 Å². The molecule has 1 aromatic rings. The van der Waals surface area contributed by atoms with E-state index in [1.54, 1.807) is 0 Å². The van der Waals surface area contributed by atoms with Crippen LogP contribution < -0.4 is 5.43 Å². The van der Waals surface area contributed by atoms with Gasteiger partial charge in [-0.15, -0.1) is 11.8 Å². The van der Waals surface area contributed by atoms with E-state index in [-0.39, 0.29) is 11.0 Å². The maximum Gasteiger partial charge on any atom is 0.213 e. The molecule has 0 bridgehead atoms. The minimum atomic E-state index is -0.117. The number of H-pyrrole nitrogens is 1. The van der Waals surface area contributed by atoms with Gasteiger partial charge in [0.2, 0.25) is 5.43 Å². The van der Waals surface area contributed by atoms with E-state index < -0.39 is 0 Å². The average molecular weight is 178 g/mol. The van der Waals surface area contributed by atoms with Gasteiger partial charge in [0.25, 0.3) is 0 Å². The number of thioether (sulfide) groups is 1. The summed E-state index contributed by atoms with van der Waals surface area (Å²) in [6.07, 6.45) is 2.40. The average Bonchev–Trinajstić information content (AvgIpc) is 2.53. The van der Waals surface area contributed by atoms with E-state index in [1.807, 2.05) is 6.07 Å². The summed E-state index contributed by atoms with van der Waals surface area (Å²) in [6.45, 7) is 0. The second-order valence-corrected chi connectivity index (χ2v) is 3.65. The molecular weight excluding hydrogens is 172 g/mol. The van der Waals surface area contributed by atoms with Crippen LogP contribution >= 0.6 is 11.8 Å². The summed E-state index contributed by atoms with van der Waals surface area (Å²) in [5.41, 5.74) is 1.07. The molecule has 1 aliphatic heterocycles. The first-order valence-electron chi connectivity index (χ1n) is 3.60. The first-order chi connectivity index (χ1) is 5.83. The van der Waals surface area contributed by atoms with Crippen molar-refractivity contribution in [3.63, 3.8) is 0 Å². The van der Waals surface area contributed by atoms with Crippen LogP contribution in [0.4, 0.5) is 0 Å². The third-order valence-corrected chi connectivity index (χ3v) is 2.96. The molecule has 1 N–H and O–H groups in total. The Hall–Kier alpha value is -1.21. The Kier molecular flexibility index (Phi) is 1.66. The Balaban J connectivity index is 2.72. The molecule has 0 amide bonds. The van der Waals surface area contributed by atoms with Gasteiger partial charge in [0.15, 0.2) is 0 Å². The van der Waals surface area contributed by atoms with Crippen molar-refractivity contribution in [1.82, 2.24) is 4.98 Å². The Bertz CT molecular complexity index is 416. The quantitative estimate of drug-likeness (QED) is 0.642. The third kappa shape index (κ3) is 0.942. The van der Waals surface area contributed by atoms with Gasteiger partial charge >= 0.3 is 0 Å². The maximum atomic E-state index is 11.4. The van der Waals surface area contributed by atoms with Crippen LogP contribution in [-0.4, -0.2) is 10.7 Å². The number of nitrogens with zero attached hydrogens (tertiary/aromatic N) is 1. The van der Waals surface area contributed by atoms with Crippen LogP contribution in [0.2, 0.25) is 0 Å². The zero-order valence-corrected chi connectivity index (χ0v) is 7.07. The lowest BCUT2D eigenvalue weighted by Crippen LogP contribution is -2.09. The van der Waals surface area contributed by atoms with Crippen molar-refractivity contribution in [3.8, 4) is 6.07 Å². The molecule has 0 radical (unpaired) electrons. The molecule has 1 aliphatic rings. The molecule has 1 aromatic heterocycles. The fourth-order valence-corrected chi connectivity index (χ4v) is 2.31. The number of fused-ring (bicyclic) bond motifs is 1. The second kappa shape index (κ2) is 2.68. The molecule has 0 aromatic carbocycles. The monoisotopic (exact) mass is 178 g/mol. The molecule has 60 valence electrons. The van der Waals surface area contributed by atoms with Gasteiger partial charge in [-0.1, -0.05) is 0 Å². The van der Waals surface area contributed by atoms with Crippen molar-refractivity contribution < 1.29 is 0 Å². The van der Waals surface area contributed by atoms with Gasteiger partial charge in [-0.3, -0.25) is 4.79 Å². The fraction of sp³-hybridized carbons (Fsp3) is 0.250. The number of rotatable bonds is 0. The molecule has 2 rings (SSSR count). The van der Waals surface area contributed by atoms with Crippen molar-refractivity contribution in [1.29, 1.82) is 5.26 Å². The van der Waals surface area contributed by atoms with E-state index >= 15 is 0 Å². The van der Waals surface area contributed by atoms with Crippen LogP contribution in [0.25, 0.3) is 0 Å². The van der Waals surface area contributed by atoms with Crippen LogP contribution in [-0.2, 0) is 6.42 Å². The molecule has 0 unspecified atom stereocenters.